The molecule has 2 aliphatic carbocycles. The summed E-state index contributed by atoms with van der Waals surface area (Å²) in [5, 5.41) is 9.55. The highest BCUT2D eigenvalue weighted by molar-refractivity contribution is 5.91. The van der Waals surface area contributed by atoms with Crippen LogP contribution in [0, 0.1) is 12.3 Å². The molecule has 0 saturated heterocycles. The van der Waals surface area contributed by atoms with E-state index in [1.165, 1.54) is 56.8 Å². The number of aromatic nitrogens is 3. The molecular weight excluding hydrogens is 308 g/mol. The van der Waals surface area contributed by atoms with Crippen LogP contribution in [-0.4, -0.2) is 20.6 Å². The van der Waals surface area contributed by atoms with Crippen LogP contribution in [0.3, 0.4) is 0 Å². The molecule has 4 heteroatoms. The van der Waals surface area contributed by atoms with Crippen molar-refractivity contribution in [2.45, 2.75) is 64.3 Å². The molecule has 5 rings (SSSR count). The van der Waals surface area contributed by atoms with Gasteiger partial charge in [-0.15, -0.1) is 0 Å². The Kier molecular flexibility index (Phi) is 3.47. The van der Waals surface area contributed by atoms with Crippen LogP contribution in [0.2, 0.25) is 0 Å². The maximum atomic E-state index is 4.90. The Balaban J connectivity index is 1.46. The first kappa shape index (κ1) is 15.2. The maximum absolute atomic E-state index is 4.90. The number of rotatable bonds is 2. The van der Waals surface area contributed by atoms with E-state index >= 15 is 0 Å². The summed E-state index contributed by atoms with van der Waals surface area (Å²) < 4.78 is 1.96. The number of aryl methyl sites for hydroxylation is 1. The van der Waals surface area contributed by atoms with Crippen LogP contribution in [-0.2, 0) is 0 Å². The summed E-state index contributed by atoms with van der Waals surface area (Å²) in [6, 6.07) is 11.1. The number of nitrogens with one attached hydrogen (secondary N) is 1. The first-order valence-corrected chi connectivity index (χ1v) is 9.74. The number of hydrogen-bond acceptors (Lipinski definition) is 3. The van der Waals surface area contributed by atoms with Crippen LogP contribution in [0.1, 0.15) is 57.1 Å². The predicted octanol–water partition coefficient (Wildman–Crippen LogP) is 5.11. The largest absolute Gasteiger partial charge is 0.367 e. The fourth-order valence-electron chi connectivity index (χ4n) is 5.08. The number of anilines is 1. The molecule has 0 aliphatic heterocycles. The molecule has 0 amide bonds. The lowest BCUT2D eigenvalue weighted by atomic mass is 9.71. The van der Waals surface area contributed by atoms with Crippen LogP contribution >= 0.6 is 0 Å². The number of hydrogen-bond donors (Lipinski definition) is 1. The van der Waals surface area contributed by atoms with Crippen LogP contribution < -0.4 is 5.32 Å². The zero-order valence-electron chi connectivity index (χ0n) is 15.0. The zero-order valence-corrected chi connectivity index (χ0v) is 15.0. The minimum atomic E-state index is 0.550. The Hall–Kier alpha value is -2.10. The van der Waals surface area contributed by atoms with Gasteiger partial charge in [-0.2, -0.15) is 5.10 Å². The molecule has 2 aliphatic rings. The topological polar surface area (TPSA) is 42.2 Å². The number of para-hydroxylation sites is 1. The van der Waals surface area contributed by atoms with Gasteiger partial charge in [0.2, 0.25) is 0 Å². The fourth-order valence-corrected chi connectivity index (χ4v) is 5.08. The van der Waals surface area contributed by atoms with E-state index in [9.17, 15) is 0 Å². The minimum absolute atomic E-state index is 0.550. The Morgan fingerprint density at radius 3 is 2.64 bits per heavy atom. The summed E-state index contributed by atoms with van der Waals surface area (Å²) in [5.74, 6) is 1.02. The summed E-state index contributed by atoms with van der Waals surface area (Å²) in [6.45, 7) is 2.03. The second kappa shape index (κ2) is 5.72. The summed E-state index contributed by atoms with van der Waals surface area (Å²) in [6.07, 6.45) is 11.1. The molecule has 4 nitrogen and oxygen atoms in total. The van der Waals surface area contributed by atoms with Gasteiger partial charge in [-0.3, -0.25) is 0 Å². The van der Waals surface area contributed by atoms with Crippen LogP contribution in [0.15, 0.2) is 30.3 Å². The standard InChI is InChI=1S/C21H26N4/c1-15-14-19-23-20(17-6-2-3-7-18(17)25(19)24-15)22-16-8-12-21(13-9-16)10-4-5-11-21/h2-3,6-7,14,16H,4-5,8-13H2,1H3,(H,22,23). The minimum Gasteiger partial charge on any atom is -0.367 e. The van der Waals surface area contributed by atoms with Gasteiger partial charge < -0.3 is 5.32 Å². The highest BCUT2D eigenvalue weighted by Crippen LogP contribution is 2.49. The molecular formula is C21H26N4. The van der Waals surface area contributed by atoms with Crippen molar-refractivity contribution in [1.29, 1.82) is 0 Å². The van der Waals surface area contributed by atoms with E-state index < -0.39 is 0 Å². The van der Waals surface area contributed by atoms with Gasteiger partial charge in [0.05, 0.1) is 11.2 Å². The fraction of sp³-hybridized carbons (Fsp3) is 0.524. The Morgan fingerprint density at radius 2 is 1.84 bits per heavy atom. The number of fused-ring (bicyclic) bond motifs is 3. The molecule has 130 valence electrons. The van der Waals surface area contributed by atoms with E-state index in [2.05, 4.69) is 40.7 Å². The van der Waals surface area contributed by atoms with Gasteiger partial charge in [-0.05, 0) is 63.0 Å². The van der Waals surface area contributed by atoms with E-state index in [-0.39, 0.29) is 0 Å². The second-order valence-corrected chi connectivity index (χ2v) is 8.16. The van der Waals surface area contributed by atoms with Crippen molar-refractivity contribution in [2.24, 2.45) is 5.41 Å². The molecule has 0 unspecified atom stereocenters. The van der Waals surface area contributed by atoms with Gasteiger partial charge in [-0.1, -0.05) is 25.0 Å². The molecule has 0 radical (unpaired) electrons. The smallest absolute Gasteiger partial charge is 0.158 e. The SMILES string of the molecule is Cc1cc2nc(NC3CCC4(CCCC4)CC3)c3ccccc3n2n1. The average Bonchev–Trinajstić information content (AvgIpc) is 3.23. The molecule has 0 atom stereocenters. The normalized spacial score (nSPS) is 20.7. The average molecular weight is 334 g/mol. The number of benzene rings is 1. The highest BCUT2D eigenvalue weighted by Gasteiger charge is 2.37. The third-order valence-electron chi connectivity index (χ3n) is 6.48. The molecule has 1 N–H and O–H groups in total. The van der Waals surface area contributed by atoms with Crippen molar-refractivity contribution in [2.75, 3.05) is 5.32 Å². The van der Waals surface area contributed by atoms with Crippen LogP contribution in [0.5, 0.6) is 0 Å². The Morgan fingerprint density at radius 1 is 1.08 bits per heavy atom. The third kappa shape index (κ3) is 2.59. The molecule has 2 fully saturated rings. The third-order valence-corrected chi connectivity index (χ3v) is 6.48. The summed E-state index contributed by atoms with van der Waals surface area (Å²) >= 11 is 0. The van der Waals surface area contributed by atoms with Crippen LogP contribution in [0.4, 0.5) is 5.82 Å². The summed E-state index contributed by atoms with van der Waals surface area (Å²) in [5.41, 5.74) is 3.75. The van der Waals surface area contributed by atoms with Crippen molar-refractivity contribution < 1.29 is 0 Å². The molecule has 2 heterocycles. The van der Waals surface area contributed by atoms with Gasteiger partial charge in [0.15, 0.2) is 5.65 Å². The lowest BCUT2D eigenvalue weighted by molar-refractivity contribution is 0.188. The highest BCUT2D eigenvalue weighted by atomic mass is 15.3. The van der Waals surface area contributed by atoms with Crippen molar-refractivity contribution in [1.82, 2.24) is 14.6 Å². The molecule has 25 heavy (non-hydrogen) atoms. The van der Waals surface area contributed by atoms with Crippen molar-refractivity contribution in [3.63, 3.8) is 0 Å². The zero-order chi connectivity index (χ0) is 16.9. The molecule has 3 aromatic rings. The van der Waals surface area contributed by atoms with E-state index in [4.69, 9.17) is 4.98 Å². The first-order chi connectivity index (χ1) is 12.2. The van der Waals surface area contributed by atoms with E-state index in [0.29, 0.717) is 11.5 Å². The second-order valence-electron chi connectivity index (χ2n) is 8.16. The van der Waals surface area contributed by atoms with Crippen molar-refractivity contribution in [3.05, 3.63) is 36.0 Å². The molecule has 0 bridgehead atoms. The molecule has 1 aromatic carbocycles. The van der Waals surface area contributed by atoms with E-state index in [1.54, 1.807) is 0 Å². The van der Waals surface area contributed by atoms with Crippen molar-refractivity contribution >= 4 is 22.4 Å². The Bertz CT molecular complexity index is 910. The van der Waals surface area contributed by atoms with Gasteiger partial charge in [-0.25, -0.2) is 9.50 Å². The summed E-state index contributed by atoms with van der Waals surface area (Å²) in [4.78, 5) is 4.90. The van der Waals surface area contributed by atoms with Gasteiger partial charge in [0, 0.05) is 17.5 Å². The van der Waals surface area contributed by atoms with Crippen molar-refractivity contribution in [3.8, 4) is 0 Å². The quantitative estimate of drug-likeness (QED) is 0.708. The van der Waals surface area contributed by atoms with Crippen LogP contribution in [0.25, 0.3) is 16.6 Å². The maximum Gasteiger partial charge on any atom is 0.158 e. The lowest BCUT2D eigenvalue weighted by Crippen LogP contribution is -2.32. The van der Waals surface area contributed by atoms with Gasteiger partial charge >= 0.3 is 0 Å². The van der Waals surface area contributed by atoms with Gasteiger partial charge in [0.25, 0.3) is 0 Å². The summed E-state index contributed by atoms with van der Waals surface area (Å²) in [7, 11) is 0. The molecule has 2 aromatic heterocycles. The van der Waals surface area contributed by atoms with Gasteiger partial charge in [0.1, 0.15) is 5.82 Å². The lowest BCUT2D eigenvalue weighted by Gasteiger charge is -2.37. The predicted molar refractivity (Wildman–Crippen MR) is 102 cm³/mol. The molecule has 1 spiro atoms. The van der Waals surface area contributed by atoms with E-state index in [1.807, 2.05) is 11.4 Å². The number of nitrogens with zero attached hydrogens (tertiary/aromatic N) is 3. The Labute approximate surface area is 148 Å². The van der Waals surface area contributed by atoms with E-state index in [0.717, 1.165) is 22.7 Å². The molecule has 2 saturated carbocycles. The monoisotopic (exact) mass is 334 g/mol. The first-order valence-electron chi connectivity index (χ1n) is 9.74.